The number of ether oxygens (including phenoxy) is 2. The Balaban J connectivity index is 0.00000420. The van der Waals surface area contributed by atoms with Crippen molar-refractivity contribution in [3.8, 4) is 5.88 Å². The minimum Gasteiger partial charge on any atom is -0.477 e. The molecular formula is C20H34IN5O3. The van der Waals surface area contributed by atoms with E-state index in [1.165, 1.54) is 0 Å². The minimum atomic E-state index is -0.499. The second-order valence-electron chi connectivity index (χ2n) is 7.79. The van der Waals surface area contributed by atoms with Crippen LogP contribution in [0.4, 0.5) is 4.79 Å². The first-order valence-electron chi connectivity index (χ1n) is 9.84. The number of amides is 1. The monoisotopic (exact) mass is 519 g/mol. The number of hydrogen-bond donors (Lipinski definition) is 2. The minimum absolute atomic E-state index is 0. The third-order valence-electron chi connectivity index (χ3n) is 4.15. The average Bonchev–Trinajstić information content (AvgIpc) is 3.07. The molecule has 0 saturated carbocycles. The quantitative estimate of drug-likeness (QED) is 0.341. The molecule has 0 bridgehead atoms. The number of halogens is 1. The van der Waals surface area contributed by atoms with Crippen LogP contribution < -0.4 is 15.4 Å². The van der Waals surface area contributed by atoms with Crippen molar-refractivity contribution < 1.29 is 14.3 Å². The number of likely N-dealkylation sites (tertiary alicyclic amines) is 1. The number of nitrogens with zero attached hydrogens (tertiary/aromatic N) is 3. The molecule has 1 saturated heterocycles. The van der Waals surface area contributed by atoms with Crippen molar-refractivity contribution in [1.82, 2.24) is 20.5 Å². The van der Waals surface area contributed by atoms with Crippen molar-refractivity contribution in [2.24, 2.45) is 4.99 Å². The maximum Gasteiger partial charge on any atom is 0.407 e. The van der Waals surface area contributed by atoms with Gasteiger partial charge in [-0.25, -0.2) is 9.78 Å². The van der Waals surface area contributed by atoms with E-state index in [4.69, 9.17) is 9.47 Å². The van der Waals surface area contributed by atoms with Gasteiger partial charge in [-0.05, 0) is 39.7 Å². The molecule has 0 aromatic carbocycles. The van der Waals surface area contributed by atoms with Crippen molar-refractivity contribution >= 4 is 36.0 Å². The van der Waals surface area contributed by atoms with Crippen LogP contribution in [0.25, 0.3) is 0 Å². The third kappa shape index (κ3) is 8.63. The SMILES string of the molecule is CCCOc1ncccc1CNC(=NC)N1CCC(NC(=O)OC(C)(C)C)C1.I. The maximum atomic E-state index is 12.0. The molecule has 1 aromatic rings. The lowest BCUT2D eigenvalue weighted by molar-refractivity contribution is 0.0507. The number of carbonyl (C=O) groups is 1. The summed E-state index contributed by atoms with van der Waals surface area (Å²) in [5.74, 6) is 1.44. The predicted molar refractivity (Wildman–Crippen MR) is 125 cm³/mol. The van der Waals surface area contributed by atoms with Gasteiger partial charge in [-0.3, -0.25) is 4.99 Å². The largest absolute Gasteiger partial charge is 0.477 e. The van der Waals surface area contributed by atoms with Gasteiger partial charge in [-0.2, -0.15) is 0 Å². The first kappa shape index (κ1) is 25.3. The summed E-state index contributed by atoms with van der Waals surface area (Å²) in [6.45, 7) is 10.3. The Morgan fingerprint density at radius 1 is 1.41 bits per heavy atom. The van der Waals surface area contributed by atoms with Crippen molar-refractivity contribution in [2.75, 3.05) is 26.7 Å². The zero-order valence-electron chi connectivity index (χ0n) is 18.0. The summed E-state index contributed by atoms with van der Waals surface area (Å²) in [5, 5.41) is 6.30. The smallest absolute Gasteiger partial charge is 0.407 e. The van der Waals surface area contributed by atoms with Gasteiger partial charge >= 0.3 is 6.09 Å². The van der Waals surface area contributed by atoms with Gasteiger partial charge in [-0.15, -0.1) is 24.0 Å². The molecule has 164 valence electrons. The topological polar surface area (TPSA) is 88.1 Å². The number of hydrogen-bond acceptors (Lipinski definition) is 5. The molecule has 1 amide bonds. The molecule has 2 rings (SSSR count). The van der Waals surface area contributed by atoms with Crippen LogP contribution in [-0.4, -0.2) is 60.3 Å². The molecule has 29 heavy (non-hydrogen) atoms. The van der Waals surface area contributed by atoms with Gasteiger partial charge < -0.3 is 25.0 Å². The van der Waals surface area contributed by atoms with Crippen molar-refractivity contribution in [2.45, 2.75) is 58.7 Å². The highest BCUT2D eigenvalue weighted by molar-refractivity contribution is 14.0. The van der Waals surface area contributed by atoms with Gasteiger partial charge in [0.25, 0.3) is 0 Å². The van der Waals surface area contributed by atoms with Crippen molar-refractivity contribution in [1.29, 1.82) is 0 Å². The molecule has 1 aromatic heterocycles. The van der Waals surface area contributed by atoms with E-state index in [-0.39, 0.29) is 36.1 Å². The van der Waals surface area contributed by atoms with Crippen LogP contribution in [-0.2, 0) is 11.3 Å². The van der Waals surface area contributed by atoms with E-state index in [1.54, 1.807) is 13.2 Å². The molecule has 8 nitrogen and oxygen atoms in total. The summed E-state index contributed by atoms with van der Waals surface area (Å²) in [6.07, 6.45) is 3.13. The number of aromatic nitrogens is 1. The van der Waals surface area contributed by atoms with Crippen LogP contribution in [0.5, 0.6) is 5.88 Å². The highest BCUT2D eigenvalue weighted by Crippen LogP contribution is 2.16. The number of nitrogens with one attached hydrogen (secondary N) is 2. The van der Waals surface area contributed by atoms with Gasteiger partial charge in [0.05, 0.1) is 12.6 Å². The Morgan fingerprint density at radius 2 is 2.17 bits per heavy atom. The van der Waals surface area contributed by atoms with E-state index in [0.717, 1.165) is 30.9 Å². The van der Waals surface area contributed by atoms with E-state index >= 15 is 0 Å². The Kier molecular flexibility index (Phi) is 10.5. The second kappa shape index (κ2) is 12.0. The molecular weight excluding hydrogens is 485 g/mol. The molecule has 1 aliphatic rings. The lowest BCUT2D eigenvalue weighted by Crippen LogP contribution is -2.44. The normalized spacial score (nSPS) is 16.8. The molecule has 9 heteroatoms. The molecule has 0 aliphatic carbocycles. The molecule has 2 heterocycles. The van der Waals surface area contributed by atoms with Crippen LogP contribution in [0.2, 0.25) is 0 Å². The summed E-state index contributed by atoms with van der Waals surface area (Å²) in [7, 11) is 1.76. The number of guanidine groups is 1. The number of aliphatic imine (C=N–C) groups is 1. The van der Waals surface area contributed by atoms with Gasteiger partial charge in [0.15, 0.2) is 5.96 Å². The summed E-state index contributed by atoms with van der Waals surface area (Å²) in [5.41, 5.74) is 0.487. The van der Waals surface area contributed by atoms with E-state index in [1.807, 2.05) is 32.9 Å². The fraction of sp³-hybridized carbons (Fsp3) is 0.650. The standard InChI is InChI=1S/C20H33N5O3.HI/c1-6-12-27-17-15(8-7-10-22-17)13-23-18(21-5)25-11-9-16(14-25)24-19(26)28-20(2,3)4;/h7-8,10,16H,6,9,11-14H2,1-5H3,(H,21,23)(H,24,26);1H. The van der Waals surface area contributed by atoms with E-state index in [2.05, 4.69) is 32.4 Å². The zero-order valence-corrected chi connectivity index (χ0v) is 20.4. The maximum absolute atomic E-state index is 12.0. The number of alkyl carbamates (subject to hydrolysis) is 1. The van der Waals surface area contributed by atoms with Crippen LogP contribution in [0.15, 0.2) is 23.3 Å². The first-order chi connectivity index (χ1) is 13.3. The number of rotatable bonds is 6. The van der Waals surface area contributed by atoms with Crippen LogP contribution in [0, 0.1) is 0 Å². The van der Waals surface area contributed by atoms with Gasteiger partial charge in [0.2, 0.25) is 5.88 Å². The molecule has 1 unspecified atom stereocenters. The Labute approximate surface area is 190 Å². The van der Waals surface area contributed by atoms with Crippen molar-refractivity contribution in [3.63, 3.8) is 0 Å². The lowest BCUT2D eigenvalue weighted by atomic mass is 10.2. The van der Waals surface area contributed by atoms with Crippen LogP contribution in [0.1, 0.15) is 46.1 Å². The average molecular weight is 519 g/mol. The summed E-state index contributed by atoms with van der Waals surface area (Å²) < 4.78 is 11.0. The lowest BCUT2D eigenvalue weighted by Gasteiger charge is -2.23. The molecule has 1 atom stereocenters. The zero-order chi connectivity index (χ0) is 20.6. The third-order valence-corrected chi connectivity index (χ3v) is 4.15. The summed E-state index contributed by atoms with van der Waals surface area (Å²) in [4.78, 5) is 22.8. The summed E-state index contributed by atoms with van der Waals surface area (Å²) >= 11 is 0. The molecule has 0 radical (unpaired) electrons. The second-order valence-corrected chi connectivity index (χ2v) is 7.79. The van der Waals surface area contributed by atoms with E-state index in [9.17, 15) is 4.79 Å². The highest BCUT2D eigenvalue weighted by atomic mass is 127. The predicted octanol–water partition coefficient (Wildman–Crippen LogP) is 3.16. The van der Waals surface area contributed by atoms with Gasteiger partial charge in [-0.1, -0.05) is 13.0 Å². The van der Waals surface area contributed by atoms with Crippen LogP contribution in [0.3, 0.4) is 0 Å². The number of carbonyl (C=O) groups excluding carboxylic acids is 1. The molecule has 1 aliphatic heterocycles. The van der Waals surface area contributed by atoms with E-state index < -0.39 is 5.60 Å². The van der Waals surface area contributed by atoms with Gasteiger partial charge in [0.1, 0.15) is 5.60 Å². The van der Waals surface area contributed by atoms with Gasteiger partial charge in [0, 0.05) is 38.4 Å². The molecule has 0 spiro atoms. The Hall–Kier alpha value is -1.78. The van der Waals surface area contributed by atoms with Crippen molar-refractivity contribution in [3.05, 3.63) is 23.9 Å². The highest BCUT2D eigenvalue weighted by Gasteiger charge is 2.27. The fourth-order valence-corrected chi connectivity index (χ4v) is 2.94. The van der Waals surface area contributed by atoms with Crippen LogP contribution >= 0.6 is 24.0 Å². The van der Waals surface area contributed by atoms with E-state index in [0.29, 0.717) is 25.6 Å². The Morgan fingerprint density at radius 3 is 2.83 bits per heavy atom. The fourth-order valence-electron chi connectivity index (χ4n) is 2.94. The molecule has 2 N–H and O–H groups in total. The summed E-state index contributed by atoms with van der Waals surface area (Å²) in [6, 6.07) is 3.93. The molecule has 1 fully saturated rings. The Bertz CT molecular complexity index is 678. The number of pyridine rings is 1. The first-order valence-corrected chi connectivity index (χ1v) is 9.84.